The van der Waals surface area contributed by atoms with Gasteiger partial charge in [0.05, 0.1) is 57.1 Å². The molecule has 0 saturated carbocycles. The summed E-state index contributed by atoms with van der Waals surface area (Å²) in [6.07, 6.45) is 1.45. The number of unbranched alkanes of at least 4 members (excludes halogenated alkanes) is 6. The fourth-order valence-corrected chi connectivity index (χ4v) is 6.52. The fourth-order valence-electron chi connectivity index (χ4n) is 6.52. The molecule has 0 bridgehead atoms. The molecule has 30 heteroatoms. The van der Waals surface area contributed by atoms with E-state index in [0.717, 1.165) is 50.3 Å². The fraction of sp³-hybridized carbons (Fsp3) is 0.639. The summed E-state index contributed by atoms with van der Waals surface area (Å²) in [5, 5.41) is 40.5. The third-order valence-corrected chi connectivity index (χ3v) is 11.0. The average Bonchev–Trinajstić information content (AvgIpc) is 3.59. The van der Waals surface area contributed by atoms with E-state index in [1.165, 1.54) is 0 Å². The van der Waals surface area contributed by atoms with Crippen molar-refractivity contribution in [1.82, 2.24) is 26.6 Å². The largest absolute Gasteiger partial charge is 0.550 e. The van der Waals surface area contributed by atoms with E-state index in [2.05, 4.69) is 32.3 Å². The van der Waals surface area contributed by atoms with Crippen molar-refractivity contribution >= 4 is 60.7 Å². The van der Waals surface area contributed by atoms with Crippen LogP contribution in [0.1, 0.15) is 145 Å². The van der Waals surface area contributed by atoms with Gasteiger partial charge in [0.25, 0.3) is 0 Å². The summed E-state index contributed by atoms with van der Waals surface area (Å²) in [5.74, 6) is -1.76. The molecule has 0 aromatic heterocycles. The quantitative estimate of drug-likeness (QED) is 0.0228. The van der Waals surface area contributed by atoms with Crippen molar-refractivity contribution in [2.75, 3.05) is 79.2 Å². The van der Waals surface area contributed by atoms with Crippen LogP contribution >= 0.6 is 0 Å². The van der Waals surface area contributed by atoms with E-state index in [0.29, 0.717) is 45.1 Å². The van der Waals surface area contributed by atoms with E-state index in [-0.39, 0.29) is 92.4 Å². The Morgan fingerprint density at radius 3 is 1.14 bits per heavy atom. The summed E-state index contributed by atoms with van der Waals surface area (Å²) >= 11 is 0. The van der Waals surface area contributed by atoms with Crippen molar-refractivity contribution in [3.63, 3.8) is 0 Å². The lowest BCUT2D eigenvalue weighted by molar-refractivity contribution is -0.368. The molecule has 0 aliphatic carbocycles. The first-order valence-corrected chi connectivity index (χ1v) is 29.4. The van der Waals surface area contributed by atoms with Gasteiger partial charge in [0, 0.05) is 25.4 Å². The zero-order valence-electron chi connectivity index (χ0n) is 52.1. The number of carboxylic acid groups (broad SMARTS) is 1. The monoisotopic (exact) mass is 1300 g/mol. The number of carbonyl (C=O) groups excluding carboxylic acids is 10. The highest BCUT2D eigenvalue weighted by Crippen LogP contribution is 2.09. The second-order valence-corrected chi connectivity index (χ2v) is 20.4. The minimum Gasteiger partial charge on any atom is -0.550 e. The van der Waals surface area contributed by atoms with Gasteiger partial charge in [0.2, 0.25) is 11.8 Å². The maximum Gasteiger partial charge on any atom is 0.508 e. The maximum absolute atomic E-state index is 12.6. The number of rotatable bonds is 39. The molecule has 2 rings (SSSR count). The molecule has 520 valence electrons. The van der Waals surface area contributed by atoms with Crippen LogP contribution < -0.4 is 37.4 Å². The standard InChI is InChI=1S/C31H49N3O12.C26H41N3O10.C2H4O2.2CH4/c1-5-6-17-41-28(38)34-24(18-35)20-43-30(40)45-22-25(21-44-29(39)42-19-23-13-9-7-10-14-23)33-26(36)15-11-8-12-16-32-27(37)46-31(2,3)4;1-2-3-14-35-24(32)29-21(15-30)17-37-26(34)39-19-22(28-23(31)12-8-5-9-13-27)18-38-25(33)36-16-20-10-6-4-7-11-20;1-2(3)4;;/h7,9-10,13-14,24-25,35H,5-6,8,11-12,15-22H2,1-4H3,(H,32,37)(H,33,36)(H,34,38);4,6-7,10-11,21-22,30H,2-3,5,8-9,12-19,27H2,1H3,(H,28,31)(H,29,32);1H3,(H,3,4);2*1H4. The summed E-state index contributed by atoms with van der Waals surface area (Å²) in [7, 11) is 0. The Kier molecular flexibility index (Phi) is 53.1. The molecule has 2 aromatic carbocycles. The van der Waals surface area contributed by atoms with Crippen molar-refractivity contribution in [1.29, 1.82) is 0 Å². The summed E-state index contributed by atoms with van der Waals surface area (Å²) in [5.41, 5.74) is 4.70. The Labute approximate surface area is 534 Å². The average molecular weight is 1300 g/mol. The molecule has 4 atom stereocenters. The molecule has 5 amide bonds. The molecule has 0 spiro atoms. The summed E-state index contributed by atoms with van der Waals surface area (Å²) in [6.45, 7) is 8.54. The molecule has 0 fully saturated rings. The highest BCUT2D eigenvalue weighted by Gasteiger charge is 2.23. The van der Waals surface area contributed by atoms with Crippen LogP contribution in [-0.4, -0.2) is 180 Å². The van der Waals surface area contributed by atoms with Crippen LogP contribution in [0.4, 0.5) is 33.6 Å². The Hall–Kier alpha value is -8.38. The van der Waals surface area contributed by atoms with E-state index in [4.69, 9.17) is 62.0 Å². The number of aliphatic hydroxyl groups excluding tert-OH is 2. The number of hydrogen-bond donors (Lipinski definition) is 8. The van der Waals surface area contributed by atoms with Crippen molar-refractivity contribution in [2.24, 2.45) is 0 Å². The normalized spacial score (nSPS) is 11.5. The van der Waals surface area contributed by atoms with E-state index < -0.39 is 105 Å². The zero-order chi connectivity index (χ0) is 66.5. The predicted octanol–water partition coefficient (Wildman–Crippen LogP) is 5.65. The number of carboxylic acids is 1. The molecule has 0 heterocycles. The first-order chi connectivity index (χ1) is 42.5. The van der Waals surface area contributed by atoms with Crippen molar-refractivity contribution in [3.05, 3.63) is 71.8 Å². The molecule has 0 aliphatic heterocycles. The molecule has 0 aliphatic rings. The lowest BCUT2D eigenvalue weighted by Crippen LogP contribution is -2.50. The van der Waals surface area contributed by atoms with E-state index >= 15 is 0 Å². The Bertz CT molecular complexity index is 2290. The number of benzene rings is 2. The summed E-state index contributed by atoms with van der Waals surface area (Å²) in [6, 6.07) is 14.4. The maximum atomic E-state index is 12.6. The molecule has 91 heavy (non-hydrogen) atoms. The number of alkyl carbamates (subject to hydrolysis) is 3. The van der Waals surface area contributed by atoms with Gasteiger partial charge in [0.15, 0.2) is 0 Å². The number of hydrogen-bond acceptors (Lipinski definition) is 24. The molecule has 0 saturated heterocycles. The first-order valence-electron chi connectivity index (χ1n) is 29.4. The van der Waals surface area contributed by atoms with Gasteiger partial charge in [-0.1, -0.05) is 109 Å². The number of aliphatic hydroxyl groups is 2. The lowest BCUT2D eigenvalue weighted by Gasteiger charge is -2.20. The molecule has 0 radical (unpaired) electrons. The van der Waals surface area contributed by atoms with Crippen LogP contribution in [0.2, 0.25) is 0 Å². The van der Waals surface area contributed by atoms with Crippen molar-refractivity contribution in [2.45, 2.75) is 176 Å². The number of nitrogens with one attached hydrogen (secondary N) is 5. The zero-order valence-corrected chi connectivity index (χ0v) is 52.1. The second kappa shape index (κ2) is 55.7. The summed E-state index contributed by atoms with van der Waals surface area (Å²) in [4.78, 5) is 117. The minimum absolute atomic E-state index is 0. The Balaban J connectivity index is -0.00000159. The van der Waals surface area contributed by atoms with E-state index in [1.807, 2.05) is 26.0 Å². The first kappa shape index (κ1) is 86.8. The predicted molar refractivity (Wildman–Crippen MR) is 327 cm³/mol. The molecular weight excluding hydrogens is 1200 g/mol. The summed E-state index contributed by atoms with van der Waals surface area (Å²) < 4.78 is 55.4. The molecular formula is C61H102N6O24. The van der Waals surface area contributed by atoms with Crippen LogP contribution in [0.15, 0.2) is 60.7 Å². The topological polar surface area (TPSA) is 424 Å². The molecule has 2 aromatic rings. The van der Waals surface area contributed by atoms with Gasteiger partial charge in [-0.3, -0.25) is 9.59 Å². The molecule has 10 N–H and O–H groups in total. The number of amides is 5. The van der Waals surface area contributed by atoms with Gasteiger partial charge in [-0.25, -0.2) is 33.6 Å². The number of ether oxygens (including phenoxy) is 11. The number of carbonyl (C=O) groups is 10. The van der Waals surface area contributed by atoms with Gasteiger partial charge in [0.1, 0.15) is 58.5 Å². The highest BCUT2D eigenvalue weighted by molar-refractivity contribution is 5.77. The van der Waals surface area contributed by atoms with Gasteiger partial charge < -0.3 is 105 Å². The van der Waals surface area contributed by atoms with Crippen LogP contribution in [0.3, 0.4) is 0 Å². The van der Waals surface area contributed by atoms with Crippen molar-refractivity contribution in [3.8, 4) is 0 Å². The number of aliphatic carboxylic acids is 1. The van der Waals surface area contributed by atoms with Gasteiger partial charge in [-0.2, -0.15) is 0 Å². The van der Waals surface area contributed by atoms with Crippen LogP contribution in [0.25, 0.3) is 0 Å². The van der Waals surface area contributed by atoms with Crippen molar-refractivity contribution < 1.29 is 121 Å². The van der Waals surface area contributed by atoms with Crippen LogP contribution in [0, 0.1) is 0 Å². The molecule has 30 nitrogen and oxygen atoms in total. The van der Waals surface area contributed by atoms with Gasteiger partial charge >= 0.3 is 42.9 Å². The SMILES string of the molecule is C.C.CC(=O)[O-].CCCCOC(=O)NC(CO)COC(=O)OCC(COC(=O)OCc1ccccc1)NC(=O)CCCCCNC(=O)OC(C)(C)C.CCCCOC(=O)NC(CO)COC(=O)OCC(COC(=O)OCc1ccccc1)NC(=O)CCCCC[NH3+]. The van der Waals surface area contributed by atoms with Crippen LogP contribution in [0.5, 0.6) is 0 Å². The Morgan fingerprint density at radius 1 is 0.473 bits per heavy atom. The molecule has 4 unspecified atom stereocenters. The third kappa shape index (κ3) is 54.3. The Morgan fingerprint density at radius 2 is 0.813 bits per heavy atom. The van der Waals surface area contributed by atoms with Crippen LogP contribution in [-0.2, 0) is 79.7 Å². The number of quaternary nitrogens is 1. The lowest BCUT2D eigenvalue weighted by atomic mass is 10.2. The second-order valence-electron chi connectivity index (χ2n) is 20.4. The van der Waals surface area contributed by atoms with Gasteiger partial charge in [-0.05, 0) is 83.8 Å². The van der Waals surface area contributed by atoms with E-state index in [1.54, 1.807) is 69.3 Å². The highest BCUT2D eigenvalue weighted by atomic mass is 16.7. The third-order valence-electron chi connectivity index (χ3n) is 11.0. The smallest absolute Gasteiger partial charge is 0.508 e. The van der Waals surface area contributed by atoms with E-state index in [9.17, 15) is 53.4 Å². The van der Waals surface area contributed by atoms with Gasteiger partial charge in [-0.15, -0.1) is 0 Å². The minimum atomic E-state index is -1.14.